The minimum absolute atomic E-state index is 0.0602. The lowest BCUT2D eigenvalue weighted by atomic mass is 10.1. The number of methoxy groups -OCH3 is 1. The fraction of sp³-hybridized carbons (Fsp3) is 0.476. The van der Waals surface area contributed by atoms with Crippen LogP contribution >= 0.6 is 0 Å². The molecular formula is C21H27N3O4. The van der Waals surface area contributed by atoms with Gasteiger partial charge in [-0.05, 0) is 68.9 Å². The lowest BCUT2D eigenvalue weighted by molar-refractivity contribution is -0.136. The molecule has 1 amide bonds. The predicted octanol–water partition coefficient (Wildman–Crippen LogP) is 2.66. The summed E-state index contributed by atoms with van der Waals surface area (Å²) in [6.45, 7) is 4.35. The van der Waals surface area contributed by atoms with Crippen molar-refractivity contribution in [2.45, 2.75) is 45.6 Å². The zero-order chi connectivity index (χ0) is 20.3. The van der Waals surface area contributed by atoms with E-state index in [4.69, 9.17) is 9.84 Å². The summed E-state index contributed by atoms with van der Waals surface area (Å²) in [5.41, 5.74) is 4.14. The number of aliphatic carboxylic acids is 1. The molecule has 0 saturated heterocycles. The number of rotatable bonds is 9. The average molecular weight is 385 g/mol. The molecule has 1 aliphatic rings. The highest BCUT2D eigenvalue weighted by molar-refractivity contribution is 5.94. The molecule has 1 aromatic carbocycles. The summed E-state index contributed by atoms with van der Waals surface area (Å²) >= 11 is 0. The van der Waals surface area contributed by atoms with Crippen LogP contribution in [0, 0.1) is 19.8 Å². The zero-order valence-electron chi connectivity index (χ0n) is 16.6. The first-order valence-electron chi connectivity index (χ1n) is 9.57. The first kappa shape index (κ1) is 20.1. The molecule has 0 bridgehead atoms. The van der Waals surface area contributed by atoms with Crippen molar-refractivity contribution in [3.63, 3.8) is 0 Å². The van der Waals surface area contributed by atoms with Gasteiger partial charge in [0.05, 0.1) is 24.0 Å². The van der Waals surface area contributed by atoms with Crippen molar-refractivity contribution in [1.29, 1.82) is 0 Å². The van der Waals surface area contributed by atoms with Crippen molar-refractivity contribution in [1.82, 2.24) is 15.1 Å². The predicted molar refractivity (Wildman–Crippen MR) is 105 cm³/mol. The van der Waals surface area contributed by atoms with Gasteiger partial charge in [-0.2, -0.15) is 5.10 Å². The van der Waals surface area contributed by atoms with Gasteiger partial charge in [0, 0.05) is 24.8 Å². The first-order valence-corrected chi connectivity index (χ1v) is 9.57. The molecule has 1 aromatic heterocycles. The monoisotopic (exact) mass is 385 g/mol. The van der Waals surface area contributed by atoms with Gasteiger partial charge >= 0.3 is 5.97 Å². The molecule has 2 N–H and O–H groups in total. The highest BCUT2D eigenvalue weighted by Gasteiger charge is 2.32. The van der Waals surface area contributed by atoms with Crippen LogP contribution in [0.15, 0.2) is 24.3 Å². The number of hydrogen-bond acceptors (Lipinski definition) is 4. The molecule has 7 heteroatoms. The number of nitrogens with zero attached hydrogens (tertiary/aromatic N) is 2. The summed E-state index contributed by atoms with van der Waals surface area (Å²) in [5.74, 6) is -0.405. The molecule has 150 valence electrons. The van der Waals surface area contributed by atoms with Crippen molar-refractivity contribution in [3.05, 3.63) is 46.8 Å². The van der Waals surface area contributed by atoms with Gasteiger partial charge in [-0.3, -0.25) is 9.59 Å². The Bertz CT molecular complexity index is 853. The van der Waals surface area contributed by atoms with Crippen molar-refractivity contribution in [2.24, 2.45) is 5.92 Å². The SMILES string of the molecule is COCC(NC(=O)c1ccc(-n2nc(C)c(CCC(=O)O)c2C)cc1)C1CC1. The Kier molecular flexibility index (Phi) is 6.14. The molecule has 1 saturated carbocycles. The Morgan fingerprint density at radius 2 is 1.96 bits per heavy atom. The molecule has 0 spiro atoms. The van der Waals surface area contributed by atoms with E-state index < -0.39 is 5.97 Å². The summed E-state index contributed by atoms with van der Waals surface area (Å²) < 4.78 is 7.01. The van der Waals surface area contributed by atoms with Crippen LogP contribution in [0.2, 0.25) is 0 Å². The third kappa shape index (κ3) is 4.59. The Morgan fingerprint density at radius 1 is 1.29 bits per heavy atom. The van der Waals surface area contributed by atoms with Crippen LogP contribution in [0.3, 0.4) is 0 Å². The number of hydrogen-bond donors (Lipinski definition) is 2. The second-order valence-corrected chi connectivity index (χ2v) is 7.37. The van der Waals surface area contributed by atoms with Gasteiger partial charge in [0.25, 0.3) is 5.91 Å². The van der Waals surface area contributed by atoms with Gasteiger partial charge in [-0.25, -0.2) is 4.68 Å². The lowest BCUT2D eigenvalue weighted by Gasteiger charge is -2.17. The molecule has 0 radical (unpaired) electrons. The smallest absolute Gasteiger partial charge is 0.303 e. The Hall–Kier alpha value is -2.67. The van der Waals surface area contributed by atoms with E-state index in [2.05, 4.69) is 10.4 Å². The number of aryl methyl sites for hydroxylation is 1. The van der Waals surface area contributed by atoms with Crippen LogP contribution in [-0.2, 0) is 16.0 Å². The van der Waals surface area contributed by atoms with Crippen LogP contribution in [-0.4, -0.2) is 46.5 Å². The maximum absolute atomic E-state index is 12.5. The van der Waals surface area contributed by atoms with E-state index in [1.54, 1.807) is 23.9 Å². The third-order valence-corrected chi connectivity index (χ3v) is 5.26. The molecule has 3 rings (SSSR count). The van der Waals surface area contributed by atoms with Gasteiger partial charge in [0.1, 0.15) is 0 Å². The normalized spacial score (nSPS) is 14.7. The van der Waals surface area contributed by atoms with Gasteiger partial charge in [0.2, 0.25) is 0 Å². The molecule has 1 unspecified atom stereocenters. The number of carboxylic acid groups (broad SMARTS) is 1. The van der Waals surface area contributed by atoms with Crippen LogP contribution in [0.4, 0.5) is 0 Å². The zero-order valence-corrected chi connectivity index (χ0v) is 16.6. The molecule has 1 atom stereocenters. The van der Waals surface area contributed by atoms with Crippen molar-refractivity contribution < 1.29 is 19.4 Å². The van der Waals surface area contributed by atoms with Gasteiger partial charge < -0.3 is 15.2 Å². The number of carbonyl (C=O) groups is 2. The summed E-state index contributed by atoms with van der Waals surface area (Å²) in [6.07, 6.45) is 2.80. The van der Waals surface area contributed by atoms with E-state index in [9.17, 15) is 9.59 Å². The number of aromatic nitrogens is 2. The minimum atomic E-state index is -0.820. The number of benzene rings is 1. The molecule has 28 heavy (non-hydrogen) atoms. The molecule has 0 aliphatic heterocycles. The summed E-state index contributed by atoms with van der Waals surface area (Å²) in [6, 6.07) is 7.35. The van der Waals surface area contributed by atoms with Crippen molar-refractivity contribution >= 4 is 11.9 Å². The maximum Gasteiger partial charge on any atom is 0.303 e. The van der Waals surface area contributed by atoms with Crippen LogP contribution in [0.1, 0.15) is 46.6 Å². The average Bonchev–Trinajstić information content (AvgIpc) is 3.46. The summed E-state index contributed by atoms with van der Waals surface area (Å²) in [4.78, 5) is 23.4. The fourth-order valence-corrected chi connectivity index (χ4v) is 3.50. The van der Waals surface area contributed by atoms with Gasteiger partial charge in [-0.15, -0.1) is 0 Å². The Balaban J connectivity index is 1.72. The highest BCUT2D eigenvalue weighted by atomic mass is 16.5. The largest absolute Gasteiger partial charge is 0.481 e. The minimum Gasteiger partial charge on any atom is -0.481 e. The lowest BCUT2D eigenvalue weighted by Crippen LogP contribution is -2.39. The summed E-state index contributed by atoms with van der Waals surface area (Å²) in [7, 11) is 1.65. The maximum atomic E-state index is 12.5. The van der Waals surface area contributed by atoms with E-state index in [0.717, 1.165) is 35.5 Å². The third-order valence-electron chi connectivity index (χ3n) is 5.26. The fourth-order valence-electron chi connectivity index (χ4n) is 3.50. The summed E-state index contributed by atoms with van der Waals surface area (Å²) in [5, 5.41) is 16.5. The molecular weight excluding hydrogens is 358 g/mol. The molecule has 1 fully saturated rings. The Morgan fingerprint density at radius 3 is 2.54 bits per heavy atom. The first-order chi connectivity index (χ1) is 13.4. The van der Waals surface area contributed by atoms with E-state index >= 15 is 0 Å². The van der Waals surface area contributed by atoms with E-state index in [-0.39, 0.29) is 18.4 Å². The number of carboxylic acids is 1. The second kappa shape index (κ2) is 8.56. The topological polar surface area (TPSA) is 93.5 Å². The molecule has 2 aromatic rings. The van der Waals surface area contributed by atoms with Crippen molar-refractivity contribution in [2.75, 3.05) is 13.7 Å². The number of carbonyl (C=O) groups excluding carboxylic acids is 1. The van der Waals surface area contributed by atoms with Crippen LogP contribution < -0.4 is 5.32 Å². The Labute approximate surface area is 164 Å². The number of nitrogens with one attached hydrogen (secondary N) is 1. The van der Waals surface area contributed by atoms with E-state index in [1.165, 1.54) is 0 Å². The van der Waals surface area contributed by atoms with Crippen molar-refractivity contribution in [3.8, 4) is 5.69 Å². The van der Waals surface area contributed by atoms with Crippen LogP contribution in [0.5, 0.6) is 0 Å². The van der Waals surface area contributed by atoms with Gasteiger partial charge in [-0.1, -0.05) is 0 Å². The molecule has 1 heterocycles. The van der Waals surface area contributed by atoms with Gasteiger partial charge in [0.15, 0.2) is 0 Å². The van der Waals surface area contributed by atoms with Crippen LogP contribution in [0.25, 0.3) is 5.69 Å². The molecule has 7 nitrogen and oxygen atoms in total. The second-order valence-electron chi connectivity index (χ2n) is 7.37. The highest BCUT2D eigenvalue weighted by Crippen LogP contribution is 2.32. The standard InChI is InChI=1S/C21H27N3O4/c1-13-18(10-11-20(25)26)14(2)24(23-13)17-8-6-16(7-9-17)21(27)22-19(12-28-3)15-4-5-15/h6-9,15,19H,4-5,10-12H2,1-3H3,(H,22,27)(H,25,26). The molecule has 1 aliphatic carbocycles. The number of amides is 1. The van der Waals surface area contributed by atoms with E-state index in [0.29, 0.717) is 24.5 Å². The quantitative estimate of drug-likeness (QED) is 0.692. The van der Waals surface area contributed by atoms with E-state index in [1.807, 2.05) is 26.0 Å². The number of ether oxygens (including phenoxy) is 1.